The van der Waals surface area contributed by atoms with Crippen molar-refractivity contribution in [2.45, 2.75) is 6.54 Å². The molecular formula is C14H10BrF2NO2. The molecule has 6 heteroatoms. The van der Waals surface area contributed by atoms with Gasteiger partial charge in [0.15, 0.2) is 11.6 Å². The van der Waals surface area contributed by atoms with Crippen LogP contribution in [0.2, 0.25) is 0 Å². The topological polar surface area (TPSA) is 49.3 Å². The highest BCUT2D eigenvalue weighted by Crippen LogP contribution is 2.24. The third kappa shape index (κ3) is 3.33. The average Bonchev–Trinajstić information content (AvgIpc) is 2.43. The van der Waals surface area contributed by atoms with E-state index in [0.29, 0.717) is 10.0 Å². The first-order valence-corrected chi connectivity index (χ1v) is 6.47. The second-order valence-corrected chi connectivity index (χ2v) is 4.95. The summed E-state index contributed by atoms with van der Waals surface area (Å²) >= 11 is 3.11. The van der Waals surface area contributed by atoms with E-state index in [1.165, 1.54) is 18.2 Å². The largest absolute Gasteiger partial charge is 0.507 e. The van der Waals surface area contributed by atoms with Gasteiger partial charge in [-0.3, -0.25) is 4.79 Å². The quantitative estimate of drug-likeness (QED) is 0.899. The number of nitrogens with one attached hydrogen (secondary N) is 1. The normalized spacial score (nSPS) is 10.3. The van der Waals surface area contributed by atoms with E-state index in [2.05, 4.69) is 21.2 Å². The second kappa shape index (κ2) is 6.00. The molecule has 20 heavy (non-hydrogen) atoms. The van der Waals surface area contributed by atoms with E-state index in [9.17, 15) is 18.7 Å². The Bertz CT molecular complexity index is 662. The van der Waals surface area contributed by atoms with Crippen LogP contribution >= 0.6 is 15.9 Å². The lowest BCUT2D eigenvalue weighted by molar-refractivity contribution is 0.0950. The predicted molar refractivity (Wildman–Crippen MR) is 73.3 cm³/mol. The first kappa shape index (κ1) is 14.5. The summed E-state index contributed by atoms with van der Waals surface area (Å²) in [6.07, 6.45) is 0. The lowest BCUT2D eigenvalue weighted by Gasteiger charge is -2.07. The zero-order valence-corrected chi connectivity index (χ0v) is 11.7. The van der Waals surface area contributed by atoms with Crippen molar-refractivity contribution in [1.29, 1.82) is 0 Å². The van der Waals surface area contributed by atoms with Gasteiger partial charge in [-0.1, -0.05) is 6.07 Å². The van der Waals surface area contributed by atoms with Gasteiger partial charge in [0.1, 0.15) is 5.75 Å². The predicted octanol–water partition coefficient (Wildman–Crippen LogP) is 3.36. The Morgan fingerprint density at radius 3 is 2.55 bits per heavy atom. The minimum atomic E-state index is -0.960. The number of rotatable bonds is 3. The van der Waals surface area contributed by atoms with E-state index in [4.69, 9.17) is 0 Å². The van der Waals surface area contributed by atoms with Crippen molar-refractivity contribution in [2.24, 2.45) is 0 Å². The standard InChI is InChI=1S/C14H10BrF2NO2/c15-10-3-2-9(6-13(10)19)14(20)18-7-8-1-4-11(16)12(17)5-8/h1-6,19H,7H2,(H,18,20). The zero-order chi connectivity index (χ0) is 14.7. The van der Waals surface area contributed by atoms with Gasteiger partial charge >= 0.3 is 0 Å². The summed E-state index contributed by atoms with van der Waals surface area (Å²) in [5.41, 5.74) is 0.715. The van der Waals surface area contributed by atoms with Gasteiger partial charge in [-0.2, -0.15) is 0 Å². The van der Waals surface area contributed by atoms with Crippen LogP contribution in [0, 0.1) is 11.6 Å². The van der Waals surface area contributed by atoms with E-state index in [1.807, 2.05) is 0 Å². The first-order valence-electron chi connectivity index (χ1n) is 5.68. The van der Waals surface area contributed by atoms with Crippen molar-refractivity contribution in [3.05, 3.63) is 63.6 Å². The van der Waals surface area contributed by atoms with Crippen molar-refractivity contribution >= 4 is 21.8 Å². The van der Waals surface area contributed by atoms with E-state index >= 15 is 0 Å². The number of hydrogen-bond donors (Lipinski definition) is 2. The fourth-order valence-corrected chi connectivity index (χ4v) is 1.83. The summed E-state index contributed by atoms with van der Waals surface area (Å²) in [5, 5.41) is 12.0. The molecule has 3 nitrogen and oxygen atoms in total. The average molecular weight is 342 g/mol. The summed E-state index contributed by atoms with van der Waals surface area (Å²) in [6, 6.07) is 7.80. The molecule has 0 aliphatic carbocycles. The molecule has 0 aliphatic rings. The fourth-order valence-electron chi connectivity index (χ4n) is 1.59. The Balaban J connectivity index is 2.04. The molecule has 0 aliphatic heterocycles. The zero-order valence-electron chi connectivity index (χ0n) is 10.2. The lowest BCUT2D eigenvalue weighted by atomic mass is 10.2. The molecule has 0 heterocycles. The van der Waals surface area contributed by atoms with Gasteiger partial charge in [0.05, 0.1) is 4.47 Å². The van der Waals surface area contributed by atoms with Crippen LogP contribution in [-0.2, 0) is 6.54 Å². The molecule has 0 bridgehead atoms. The Morgan fingerprint density at radius 2 is 1.90 bits per heavy atom. The molecule has 0 atom stereocenters. The van der Waals surface area contributed by atoms with Crippen molar-refractivity contribution < 1.29 is 18.7 Å². The number of hydrogen-bond acceptors (Lipinski definition) is 2. The van der Waals surface area contributed by atoms with Gasteiger partial charge in [0.2, 0.25) is 0 Å². The first-order chi connectivity index (χ1) is 9.47. The van der Waals surface area contributed by atoms with Crippen LogP contribution < -0.4 is 5.32 Å². The van der Waals surface area contributed by atoms with Crippen LogP contribution in [0.5, 0.6) is 5.75 Å². The van der Waals surface area contributed by atoms with Gasteiger partial charge in [-0.25, -0.2) is 8.78 Å². The lowest BCUT2D eigenvalue weighted by Crippen LogP contribution is -2.22. The third-order valence-corrected chi connectivity index (χ3v) is 3.32. The number of benzene rings is 2. The van der Waals surface area contributed by atoms with E-state index in [0.717, 1.165) is 12.1 Å². The minimum absolute atomic E-state index is 0.0505. The Hall–Kier alpha value is -1.95. The number of carbonyl (C=O) groups excluding carboxylic acids is 1. The van der Waals surface area contributed by atoms with Crippen LogP contribution in [0.15, 0.2) is 40.9 Å². The molecule has 2 N–H and O–H groups in total. The molecule has 104 valence electrons. The maximum absolute atomic E-state index is 13.0. The third-order valence-electron chi connectivity index (χ3n) is 2.65. The molecule has 0 aromatic heterocycles. The van der Waals surface area contributed by atoms with Crippen LogP contribution in [0.4, 0.5) is 8.78 Å². The molecular weight excluding hydrogens is 332 g/mol. The molecule has 2 aromatic rings. The molecule has 0 saturated carbocycles. The Morgan fingerprint density at radius 1 is 1.15 bits per heavy atom. The molecule has 0 spiro atoms. The summed E-state index contributed by atoms with van der Waals surface area (Å²) < 4.78 is 26.2. The molecule has 0 unspecified atom stereocenters. The van der Waals surface area contributed by atoms with Gasteiger partial charge in [-0.05, 0) is 51.8 Å². The highest BCUT2D eigenvalue weighted by molar-refractivity contribution is 9.10. The highest BCUT2D eigenvalue weighted by Gasteiger charge is 2.09. The van der Waals surface area contributed by atoms with Crippen molar-refractivity contribution in [3.63, 3.8) is 0 Å². The second-order valence-electron chi connectivity index (χ2n) is 4.10. The van der Waals surface area contributed by atoms with Crippen LogP contribution in [-0.4, -0.2) is 11.0 Å². The number of aromatic hydroxyl groups is 1. The molecule has 2 aromatic carbocycles. The molecule has 2 rings (SSSR count). The SMILES string of the molecule is O=C(NCc1ccc(F)c(F)c1)c1ccc(Br)c(O)c1. The van der Waals surface area contributed by atoms with Gasteiger partial charge in [0.25, 0.3) is 5.91 Å². The van der Waals surface area contributed by atoms with Crippen LogP contribution in [0.3, 0.4) is 0 Å². The number of carbonyl (C=O) groups is 1. The summed E-state index contributed by atoms with van der Waals surface area (Å²) in [4.78, 5) is 11.8. The van der Waals surface area contributed by atoms with Crippen molar-refractivity contribution in [1.82, 2.24) is 5.32 Å². The molecule has 0 saturated heterocycles. The highest BCUT2D eigenvalue weighted by atomic mass is 79.9. The van der Waals surface area contributed by atoms with Crippen molar-refractivity contribution in [2.75, 3.05) is 0 Å². The minimum Gasteiger partial charge on any atom is -0.507 e. The number of amides is 1. The van der Waals surface area contributed by atoms with Gasteiger partial charge in [0, 0.05) is 12.1 Å². The number of phenolic OH excluding ortho intramolecular Hbond substituents is 1. The van der Waals surface area contributed by atoms with Crippen molar-refractivity contribution in [3.8, 4) is 5.75 Å². The fraction of sp³-hybridized carbons (Fsp3) is 0.0714. The summed E-state index contributed by atoms with van der Waals surface area (Å²) in [5.74, 6) is -2.36. The Labute approximate surface area is 122 Å². The van der Waals surface area contributed by atoms with E-state index < -0.39 is 17.5 Å². The molecule has 0 radical (unpaired) electrons. The monoisotopic (exact) mass is 341 g/mol. The smallest absolute Gasteiger partial charge is 0.251 e. The van der Waals surface area contributed by atoms with Gasteiger partial charge < -0.3 is 10.4 Å². The summed E-state index contributed by atoms with van der Waals surface area (Å²) in [6.45, 7) is 0.0624. The molecule has 1 amide bonds. The van der Waals surface area contributed by atoms with Crippen LogP contribution in [0.25, 0.3) is 0 Å². The summed E-state index contributed by atoms with van der Waals surface area (Å²) in [7, 11) is 0. The van der Waals surface area contributed by atoms with E-state index in [1.54, 1.807) is 6.07 Å². The van der Waals surface area contributed by atoms with Gasteiger partial charge in [-0.15, -0.1) is 0 Å². The number of halogens is 3. The maximum atomic E-state index is 13.0. The number of phenols is 1. The van der Waals surface area contributed by atoms with E-state index in [-0.39, 0.29) is 17.9 Å². The molecule has 0 fully saturated rings. The Kier molecular flexibility index (Phi) is 4.34. The maximum Gasteiger partial charge on any atom is 0.251 e. The van der Waals surface area contributed by atoms with Crippen LogP contribution in [0.1, 0.15) is 15.9 Å².